The van der Waals surface area contributed by atoms with E-state index in [0.717, 1.165) is 12.0 Å². The first-order valence-corrected chi connectivity index (χ1v) is 7.61. The van der Waals surface area contributed by atoms with Gasteiger partial charge in [-0.2, -0.15) is 0 Å². The van der Waals surface area contributed by atoms with Crippen LogP contribution in [0.25, 0.3) is 0 Å². The zero-order chi connectivity index (χ0) is 16.1. The largest absolute Gasteiger partial charge is 0.463 e. The van der Waals surface area contributed by atoms with E-state index in [0.29, 0.717) is 24.4 Å². The van der Waals surface area contributed by atoms with Crippen molar-refractivity contribution in [3.63, 3.8) is 0 Å². The van der Waals surface area contributed by atoms with Crippen molar-refractivity contribution < 1.29 is 14.3 Å². The van der Waals surface area contributed by atoms with Gasteiger partial charge in [0.05, 0.1) is 18.2 Å². The Kier molecular flexibility index (Phi) is 5.20. The van der Waals surface area contributed by atoms with E-state index in [1.54, 1.807) is 18.7 Å². The van der Waals surface area contributed by atoms with Crippen LogP contribution in [0.15, 0.2) is 41.6 Å². The number of rotatable bonds is 5. The maximum absolute atomic E-state index is 12.4. The number of urea groups is 1. The molecule has 1 aliphatic heterocycles. The molecule has 1 heterocycles. The van der Waals surface area contributed by atoms with Crippen LogP contribution in [0.2, 0.25) is 0 Å². The topological polar surface area (TPSA) is 58.6 Å². The fourth-order valence-corrected chi connectivity index (χ4v) is 2.64. The SMILES string of the molecule is CCCN1C(=O)NC(c2ccccc2)C(C(=O)OCC)=C1C. The van der Waals surface area contributed by atoms with Gasteiger partial charge < -0.3 is 10.1 Å². The lowest BCUT2D eigenvalue weighted by atomic mass is 9.95. The van der Waals surface area contributed by atoms with Crippen molar-refractivity contribution in [3.05, 3.63) is 47.2 Å². The Morgan fingerprint density at radius 1 is 1.27 bits per heavy atom. The van der Waals surface area contributed by atoms with Crippen molar-refractivity contribution in [2.75, 3.05) is 13.2 Å². The van der Waals surface area contributed by atoms with E-state index in [4.69, 9.17) is 4.74 Å². The van der Waals surface area contributed by atoms with Gasteiger partial charge in [0.15, 0.2) is 0 Å². The molecule has 0 fully saturated rings. The molecule has 5 nitrogen and oxygen atoms in total. The molecular formula is C17H22N2O3. The van der Waals surface area contributed by atoms with Crippen molar-refractivity contribution >= 4 is 12.0 Å². The van der Waals surface area contributed by atoms with E-state index in [1.165, 1.54) is 0 Å². The van der Waals surface area contributed by atoms with Crippen molar-refractivity contribution in [1.82, 2.24) is 10.2 Å². The van der Waals surface area contributed by atoms with E-state index in [9.17, 15) is 9.59 Å². The Hall–Kier alpha value is -2.30. The summed E-state index contributed by atoms with van der Waals surface area (Å²) in [6.45, 7) is 6.45. The second-order valence-corrected chi connectivity index (χ2v) is 5.16. The highest BCUT2D eigenvalue weighted by Crippen LogP contribution is 2.31. The highest BCUT2D eigenvalue weighted by atomic mass is 16.5. The number of ether oxygens (including phenoxy) is 1. The highest BCUT2D eigenvalue weighted by molar-refractivity contribution is 5.95. The third-order valence-corrected chi connectivity index (χ3v) is 3.67. The molecule has 1 unspecified atom stereocenters. The second kappa shape index (κ2) is 7.11. The molecule has 5 heteroatoms. The van der Waals surface area contributed by atoms with Gasteiger partial charge in [-0.15, -0.1) is 0 Å². The molecule has 0 saturated heterocycles. The number of carbonyl (C=O) groups excluding carboxylic acids is 2. The number of hydrogen-bond donors (Lipinski definition) is 1. The molecule has 1 N–H and O–H groups in total. The fraction of sp³-hybridized carbons (Fsp3) is 0.412. The number of allylic oxidation sites excluding steroid dienone is 1. The Labute approximate surface area is 130 Å². The van der Waals surface area contributed by atoms with Gasteiger partial charge in [-0.3, -0.25) is 4.90 Å². The summed E-state index contributed by atoms with van der Waals surface area (Å²) < 4.78 is 5.19. The van der Waals surface area contributed by atoms with Crippen LogP contribution in [-0.4, -0.2) is 30.1 Å². The number of nitrogens with zero attached hydrogens (tertiary/aromatic N) is 1. The van der Waals surface area contributed by atoms with E-state index < -0.39 is 6.04 Å². The maximum Gasteiger partial charge on any atom is 0.338 e. The average molecular weight is 302 g/mol. The zero-order valence-corrected chi connectivity index (χ0v) is 13.3. The zero-order valence-electron chi connectivity index (χ0n) is 13.3. The minimum absolute atomic E-state index is 0.179. The summed E-state index contributed by atoms with van der Waals surface area (Å²) in [4.78, 5) is 26.3. The lowest BCUT2D eigenvalue weighted by Crippen LogP contribution is -2.48. The third kappa shape index (κ3) is 3.13. The summed E-state index contributed by atoms with van der Waals surface area (Å²) >= 11 is 0. The Bertz CT molecular complexity index is 581. The maximum atomic E-state index is 12.4. The first-order valence-electron chi connectivity index (χ1n) is 7.61. The summed E-state index contributed by atoms with van der Waals surface area (Å²) in [6, 6.07) is 8.82. The lowest BCUT2D eigenvalue weighted by molar-refractivity contribution is -0.139. The number of benzene rings is 1. The summed E-state index contributed by atoms with van der Waals surface area (Å²) in [6.07, 6.45) is 0.816. The van der Waals surface area contributed by atoms with E-state index in [2.05, 4.69) is 5.32 Å². The molecule has 0 aliphatic carbocycles. The molecule has 0 radical (unpaired) electrons. The van der Waals surface area contributed by atoms with Crippen molar-refractivity contribution in [1.29, 1.82) is 0 Å². The molecule has 2 amide bonds. The molecule has 0 saturated carbocycles. The van der Waals surface area contributed by atoms with Gasteiger partial charge in [0.1, 0.15) is 0 Å². The smallest absolute Gasteiger partial charge is 0.338 e. The average Bonchev–Trinajstić information content (AvgIpc) is 2.52. The summed E-state index contributed by atoms with van der Waals surface area (Å²) in [5.41, 5.74) is 2.04. The predicted octanol–water partition coefficient (Wildman–Crippen LogP) is 3.00. The van der Waals surface area contributed by atoms with Crippen molar-refractivity contribution in [2.24, 2.45) is 0 Å². The number of hydrogen-bond acceptors (Lipinski definition) is 3. The molecule has 22 heavy (non-hydrogen) atoms. The van der Waals surface area contributed by atoms with Crippen LogP contribution in [0.5, 0.6) is 0 Å². The molecular weight excluding hydrogens is 280 g/mol. The summed E-state index contributed by atoms with van der Waals surface area (Å²) in [7, 11) is 0. The van der Waals surface area contributed by atoms with Gasteiger partial charge in [-0.05, 0) is 25.8 Å². The fourth-order valence-electron chi connectivity index (χ4n) is 2.64. The molecule has 2 rings (SSSR count). The van der Waals surface area contributed by atoms with Crippen molar-refractivity contribution in [2.45, 2.75) is 33.2 Å². The van der Waals surface area contributed by atoms with Crippen LogP contribution in [0, 0.1) is 0 Å². The Morgan fingerprint density at radius 2 is 1.95 bits per heavy atom. The van der Waals surface area contributed by atoms with Gasteiger partial charge in [0.25, 0.3) is 0 Å². The van der Waals surface area contributed by atoms with E-state index in [1.807, 2.05) is 37.3 Å². The normalized spacial score (nSPS) is 18.2. The minimum atomic E-state index is -0.471. The molecule has 0 spiro atoms. The van der Waals surface area contributed by atoms with E-state index >= 15 is 0 Å². The predicted molar refractivity (Wildman–Crippen MR) is 84.0 cm³/mol. The molecule has 0 aromatic heterocycles. The number of amides is 2. The van der Waals surface area contributed by atoms with Gasteiger partial charge in [0.2, 0.25) is 0 Å². The minimum Gasteiger partial charge on any atom is -0.463 e. The van der Waals surface area contributed by atoms with Gasteiger partial charge >= 0.3 is 12.0 Å². The molecule has 1 atom stereocenters. The second-order valence-electron chi connectivity index (χ2n) is 5.16. The van der Waals surface area contributed by atoms with E-state index in [-0.39, 0.29) is 12.0 Å². The van der Waals surface area contributed by atoms with Crippen molar-refractivity contribution in [3.8, 4) is 0 Å². The first kappa shape index (κ1) is 16.1. The van der Waals surface area contributed by atoms with Gasteiger partial charge in [-0.25, -0.2) is 9.59 Å². The molecule has 1 aromatic rings. The standard InChI is InChI=1S/C17H22N2O3/c1-4-11-19-12(3)14(16(20)22-5-2)15(18-17(19)21)13-9-7-6-8-10-13/h6-10,15H,4-5,11H2,1-3H3,(H,18,21). The van der Waals surface area contributed by atoms with Gasteiger partial charge in [0, 0.05) is 12.2 Å². The monoisotopic (exact) mass is 302 g/mol. The van der Waals surface area contributed by atoms with Gasteiger partial charge in [-0.1, -0.05) is 37.3 Å². The molecule has 0 bridgehead atoms. The molecule has 118 valence electrons. The number of nitrogens with one attached hydrogen (secondary N) is 1. The summed E-state index contributed by atoms with van der Waals surface area (Å²) in [5.74, 6) is -0.380. The van der Waals surface area contributed by atoms with Crippen LogP contribution in [-0.2, 0) is 9.53 Å². The Morgan fingerprint density at radius 3 is 2.55 bits per heavy atom. The molecule has 1 aromatic carbocycles. The van der Waals surface area contributed by atoms with Crippen LogP contribution in [0.4, 0.5) is 4.79 Å². The quantitative estimate of drug-likeness (QED) is 0.851. The summed E-state index contributed by atoms with van der Waals surface area (Å²) in [5, 5.41) is 2.92. The first-order chi connectivity index (χ1) is 10.6. The number of carbonyl (C=O) groups is 2. The lowest BCUT2D eigenvalue weighted by Gasteiger charge is -2.35. The van der Waals surface area contributed by atoms with Crippen LogP contribution < -0.4 is 5.32 Å². The molecule has 1 aliphatic rings. The van der Waals surface area contributed by atoms with Crippen LogP contribution in [0.1, 0.15) is 38.8 Å². The Balaban J connectivity index is 2.48. The van der Waals surface area contributed by atoms with Crippen LogP contribution in [0.3, 0.4) is 0 Å². The van der Waals surface area contributed by atoms with Crippen LogP contribution >= 0.6 is 0 Å². The number of esters is 1. The highest BCUT2D eigenvalue weighted by Gasteiger charge is 2.35. The third-order valence-electron chi connectivity index (χ3n) is 3.67.